The van der Waals surface area contributed by atoms with Crippen molar-refractivity contribution in [2.75, 3.05) is 16.8 Å². The van der Waals surface area contributed by atoms with Crippen molar-refractivity contribution in [2.24, 2.45) is 40.9 Å². The molecule has 13 N–H and O–H groups in total. The van der Waals surface area contributed by atoms with Gasteiger partial charge in [-0.25, -0.2) is 0 Å². The number of phenols is 2. The van der Waals surface area contributed by atoms with Crippen LogP contribution >= 0.6 is 0 Å². The van der Waals surface area contributed by atoms with Gasteiger partial charge in [-0.2, -0.15) is 50.5 Å². The van der Waals surface area contributed by atoms with E-state index in [2.05, 4.69) is 46.2 Å². The van der Waals surface area contributed by atoms with E-state index < -0.39 is 113 Å². The number of benzene rings is 10. The van der Waals surface area contributed by atoms with Gasteiger partial charge in [-0.05, 0) is 144 Å². The van der Waals surface area contributed by atoms with Crippen LogP contribution in [-0.4, -0.2) is 88.0 Å². The van der Waals surface area contributed by atoms with Crippen molar-refractivity contribution in [3.8, 4) is 11.5 Å². The van der Waals surface area contributed by atoms with Gasteiger partial charge in [0.1, 0.15) is 42.3 Å². The summed E-state index contributed by atoms with van der Waals surface area (Å²) in [7, 11) is -30.0. The maximum Gasteiger partial charge on any atom is 0.296 e. The van der Waals surface area contributed by atoms with E-state index in [4.69, 9.17) is 11.5 Å². The van der Waals surface area contributed by atoms with Crippen LogP contribution in [0.3, 0.4) is 0 Å². The Morgan fingerprint density at radius 3 is 0.933 bits per heavy atom. The highest BCUT2D eigenvalue weighted by atomic mass is 32.2. The van der Waals surface area contributed by atoms with E-state index in [1.165, 1.54) is 84.9 Å². The molecule has 0 fully saturated rings. The lowest BCUT2D eigenvalue weighted by Gasteiger charge is -2.13. The number of phenolic OH excluding ortho intramolecular Hbond substituents is 2. The monoisotopic (exact) mass is 1330 g/mol. The van der Waals surface area contributed by atoms with Crippen LogP contribution in [0.15, 0.2) is 216 Å². The van der Waals surface area contributed by atoms with E-state index in [-0.39, 0.29) is 100.0 Å². The highest BCUT2D eigenvalue weighted by Crippen LogP contribution is 2.47. The van der Waals surface area contributed by atoms with Gasteiger partial charge < -0.3 is 27.0 Å². The first-order valence-electron chi connectivity index (χ1n) is 24.3. The molecule has 10 aromatic carbocycles. The molecule has 0 amide bonds. The molecule has 0 saturated carbocycles. The number of aromatic hydroxyl groups is 2. The minimum absolute atomic E-state index is 0.0344. The van der Waals surface area contributed by atoms with Gasteiger partial charge in [-0.15, -0.1) is 40.9 Å². The van der Waals surface area contributed by atoms with Gasteiger partial charge in [-0.1, -0.05) is 12.1 Å². The van der Waals surface area contributed by atoms with Crippen molar-refractivity contribution in [2.45, 2.75) is 29.4 Å². The Morgan fingerprint density at radius 1 is 0.292 bits per heavy atom. The fraction of sp³-hybridized carbons (Fsp3) is 0. The summed E-state index contributed by atoms with van der Waals surface area (Å²) in [6.45, 7) is 0. The summed E-state index contributed by atoms with van der Waals surface area (Å²) in [6, 6.07) is 27.7. The average molecular weight is 1330 g/mol. The second-order valence-electron chi connectivity index (χ2n) is 18.9. The van der Waals surface area contributed by atoms with Crippen LogP contribution in [0.5, 0.6) is 11.5 Å². The van der Waals surface area contributed by atoms with Crippen molar-refractivity contribution in [1.82, 2.24) is 0 Å². The predicted octanol–water partition coefficient (Wildman–Crippen LogP) is 11.8. The zero-order valence-corrected chi connectivity index (χ0v) is 48.9. The molecule has 0 saturated heterocycles. The summed E-state index contributed by atoms with van der Waals surface area (Å²) in [5.74, 6) is -1.68. The van der Waals surface area contributed by atoms with Crippen LogP contribution in [-0.2, 0) is 60.7 Å². The summed E-state index contributed by atoms with van der Waals surface area (Å²) >= 11 is 0. The zero-order chi connectivity index (χ0) is 64.5. The van der Waals surface area contributed by atoms with Gasteiger partial charge in [0, 0.05) is 55.1 Å². The molecule has 37 heteroatoms. The molecule has 10 rings (SSSR count). The van der Waals surface area contributed by atoms with Crippen molar-refractivity contribution in [1.29, 1.82) is 0 Å². The van der Waals surface area contributed by atoms with Crippen molar-refractivity contribution in [3.05, 3.63) is 146 Å². The molecule has 0 atom stereocenters. The van der Waals surface area contributed by atoms with E-state index >= 15 is 0 Å². The van der Waals surface area contributed by atoms with Crippen LogP contribution in [0, 0.1) is 0 Å². The highest BCUT2D eigenvalue weighted by molar-refractivity contribution is 7.87. The van der Waals surface area contributed by atoms with Crippen LogP contribution < -0.4 is 16.8 Å². The van der Waals surface area contributed by atoms with Crippen LogP contribution in [0.25, 0.3) is 43.1 Å². The summed E-state index contributed by atoms with van der Waals surface area (Å²) < 4.78 is 209. The molecule has 31 nitrogen and oxygen atoms in total. The molecule has 0 unspecified atom stereocenters. The maximum atomic E-state index is 12.9. The molecule has 0 aliphatic heterocycles. The van der Waals surface area contributed by atoms with Gasteiger partial charge in [-0.3, -0.25) is 27.3 Å². The smallest absolute Gasteiger partial charge is 0.296 e. The quantitative estimate of drug-likeness (QED) is 0.0243. The zero-order valence-electron chi connectivity index (χ0n) is 44.0. The van der Waals surface area contributed by atoms with E-state index in [9.17, 15) is 88.0 Å². The first-order chi connectivity index (χ1) is 41.5. The van der Waals surface area contributed by atoms with Crippen LogP contribution in [0.1, 0.15) is 0 Å². The summed E-state index contributed by atoms with van der Waals surface area (Å²) in [4.78, 5) is -4.65. The Kier molecular flexibility index (Phi) is 15.8. The van der Waals surface area contributed by atoms with Gasteiger partial charge in [0.25, 0.3) is 60.7 Å². The Hall–Kier alpha value is -9.90. The number of nitrogens with one attached hydrogen (secondary N) is 1. The standard InChI is InChI=1S/C52H37N11O20S6/c53-27-1-11-43(45(21-27)86(72,73)74)60-56-39-13-15-41(37-23-31(84(66,67)68)5-9-35(37)39)58-62-49-47(88(78,79)80)19-25-17-29(3-7-33(25)51(49)64)55-30-4-8-34-26(18-30)20-48(89(81,82)83)50(52(34)65)63-59-42-16-14-40(36-10-6-32(24-38(36)42)85(69,70)71)57-61-44-12-2-28(54)22-46(44)87(75,76)77/h1-24,55,64-65H,53-54H2,(H,66,67,68)(H,69,70,71)(H,72,73,74)(H,75,76,77)(H,78,79,80)(H,81,82,83). The van der Waals surface area contributed by atoms with Gasteiger partial charge in [0.05, 0.1) is 32.5 Å². The first-order valence-corrected chi connectivity index (χ1v) is 33.0. The normalized spacial score (nSPS) is 13.1. The molecular weight excluding hydrogens is 1290 g/mol. The van der Waals surface area contributed by atoms with E-state index in [0.29, 0.717) is 0 Å². The SMILES string of the molecule is Nc1ccc(N=Nc2ccc(N=Nc3c(S(=O)(=O)O)cc4cc(Nc5ccc6c(O)c(N=Nc7ccc(N=Nc8ccc(N)cc8S(=O)(=O)O)c8ccc(S(=O)(=O)O)cc78)c(S(=O)(=O)O)cc6c5)ccc4c3O)c3cc(S(=O)(=O)O)ccc23)c(S(=O)(=O)O)c1. The Labute approximate surface area is 501 Å². The van der Waals surface area contributed by atoms with Crippen LogP contribution in [0.2, 0.25) is 0 Å². The largest absolute Gasteiger partial charge is 0.505 e. The lowest BCUT2D eigenvalue weighted by Crippen LogP contribution is -2.00. The lowest BCUT2D eigenvalue weighted by atomic mass is 10.1. The second-order valence-corrected chi connectivity index (χ2v) is 27.3. The molecule has 0 spiro atoms. The number of nitrogens with two attached hydrogens (primary N) is 2. The topological polar surface area (TPSA) is 530 Å². The summed E-state index contributed by atoms with van der Waals surface area (Å²) in [5.41, 5.74) is 8.73. The molecule has 0 aliphatic rings. The number of hydrogen-bond donors (Lipinski definition) is 11. The number of hydrogen-bond acceptors (Lipinski definition) is 25. The number of nitrogen functional groups attached to an aromatic ring is 2. The number of rotatable bonds is 16. The molecule has 0 radical (unpaired) electrons. The van der Waals surface area contributed by atoms with E-state index in [0.717, 1.165) is 60.7 Å². The third-order valence-corrected chi connectivity index (χ3v) is 18.2. The second kappa shape index (κ2) is 22.7. The number of nitrogens with zero attached hydrogens (tertiary/aromatic N) is 8. The summed E-state index contributed by atoms with van der Waals surface area (Å²) in [6.07, 6.45) is 0. The Bertz CT molecular complexity index is 5260. The molecule has 0 aliphatic carbocycles. The molecular formula is C52H37N11O20S6. The third-order valence-electron chi connectivity index (χ3n) is 13.0. The van der Waals surface area contributed by atoms with Crippen molar-refractivity contribution >= 4 is 172 Å². The van der Waals surface area contributed by atoms with Gasteiger partial charge in [0.15, 0.2) is 11.5 Å². The minimum atomic E-state index is -5.27. The van der Waals surface area contributed by atoms with Crippen LogP contribution in [0.4, 0.5) is 68.2 Å². The molecule has 456 valence electrons. The summed E-state index contributed by atoms with van der Waals surface area (Å²) in [5, 5.41) is 57.6. The predicted molar refractivity (Wildman–Crippen MR) is 320 cm³/mol. The molecule has 0 bridgehead atoms. The Balaban J connectivity index is 0.980. The third kappa shape index (κ3) is 13.1. The molecule has 10 aromatic rings. The average Bonchev–Trinajstić information content (AvgIpc) is 0.925. The lowest BCUT2D eigenvalue weighted by molar-refractivity contribution is 0.472. The van der Waals surface area contributed by atoms with Gasteiger partial charge in [0.2, 0.25) is 0 Å². The van der Waals surface area contributed by atoms with Crippen molar-refractivity contribution in [3.63, 3.8) is 0 Å². The van der Waals surface area contributed by atoms with E-state index in [1.54, 1.807) is 0 Å². The first kappa shape index (κ1) is 62.2. The number of fused-ring (bicyclic) bond motifs is 4. The van der Waals surface area contributed by atoms with Gasteiger partial charge >= 0.3 is 0 Å². The van der Waals surface area contributed by atoms with Crippen molar-refractivity contribution < 1.29 is 88.0 Å². The maximum absolute atomic E-state index is 12.9. The number of anilines is 4. The fourth-order valence-corrected chi connectivity index (χ4v) is 12.6. The fourth-order valence-electron chi connectivity index (χ4n) is 8.94. The molecule has 0 heterocycles. The number of azo groups is 4. The minimum Gasteiger partial charge on any atom is -0.505 e. The molecule has 89 heavy (non-hydrogen) atoms. The van der Waals surface area contributed by atoms with E-state index in [1.807, 2.05) is 0 Å². The highest BCUT2D eigenvalue weighted by Gasteiger charge is 2.26. The Morgan fingerprint density at radius 2 is 0.596 bits per heavy atom. The molecule has 0 aromatic heterocycles.